The molecule has 1 atom stereocenters. The summed E-state index contributed by atoms with van der Waals surface area (Å²) >= 11 is 0. The summed E-state index contributed by atoms with van der Waals surface area (Å²) in [5, 5.41) is 0.226. The van der Waals surface area contributed by atoms with Crippen LogP contribution in [0.25, 0.3) is 0 Å². The fraction of sp³-hybridized carbons (Fsp3) is 0.625. The number of allylic oxidation sites excluding steroid dienone is 2. The number of hydrogen-bond acceptors (Lipinski definition) is 1. The average molecular weight is 264 g/mol. The van der Waals surface area contributed by atoms with E-state index in [-0.39, 0.29) is 11.1 Å². The van der Waals surface area contributed by atoms with Crippen molar-refractivity contribution in [3.63, 3.8) is 0 Å². The molecule has 0 unspecified atom stereocenters. The summed E-state index contributed by atoms with van der Waals surface area (Å²) in [5.74, 6) is 2.54. The van der Waals surface area contributed by atoms with Gasteiger partial charge in [-0.1, -0.05) is 45.8 Å². The van der Waals surface area contributed by atoms with E-state index in [9.17, 15) is 0 Å². The van der Waals surface area contributed by atoms with Crippen molar-refractivity contribution in [3.8, 4) is 12.3 Å². The molecule has 0 N–H and O–H groups in total. The van der Waals surface area contributed by atoms with Crippen LogP contribution in [-0.4, -0.2) is 14.4 Å². The highest BCUT2D eigenvalue weighted by molar-refractivity contribution is 6.74. The number of rotatable bonds is 6. The molecule has 0 aromatic carbocycles. The predicted octanol–water partition coefficient (Wildman–Crippen LogP) is 4.92. The van der Waals surface area contributed by atoms with Crippen molar-refractivity contribution in [1.29, 1.82) is 0 Å². The Morgan fingerprint density at radius 1 is 1.28 bits per heavy atom. The highest BCUT2D eigenvalue weighted by Crippen LogP contribution is 2.37. The molecule has 0 heterocycles. The van der Waals surface area contributed by atoms with Crippen LogP contribution in [0.1, 0.15) is 40.5 Å². The lowest BCUT2D eigenvalue weighted by atomic mass is 10.2. The zero-order chi connectivity index (χ0) is 14.2. The van der Waals surface area contributed by atoms with Crippen LogP contribution in [0.3, 0.4) is 0 Å². The van der Waals surface area contributed by atoms with E-state index >= 15 is 0 Å². The zero-order valence-corrected chi connectivity index (χ0v) is 13.8. The molecular weight excluding hydrogens is 236 g/mol. The van der Waals surface area contributed by atoms with Crippen LogP contribution in [0.15, 0.2) is 24.3 Å². The van der Waals surface area contributed by atoms with Gasteiger partial charge in [-0.3, -0.25) is 0 Å². The minimum absolute atomic E-state index is 0.102. The van der Waals surface area contributed by atoms with Gasteiger partial charge in [0.25, 0.3) is 0 Å². The Kier molecular flexibility index (Phi) is 7.28. The van der Waals surface area contributed by atoms with Crippen LogP contribution in [0.2, 0.25) is 18.1 Å². The third-order valence-electron chi connectivity index (χ3n) is 3.43. The molecule has 0 aromatic rings. The van der Waals surface area contributed by atoms with Crippen LogP contribution in [0.5, 0.6) is 0 Å². The van der Waals surface area contributed by atoms with E-state index in [1.807, 2.05) is 6.08 Å². The van der Waals surface area contributed by atoms with Gasteiger partial charge in [-0.2, -0.15) is 0 Å². The quantitative estimate of drug-likeness (QED) is 0.376. The lowest BCUT2D eigenvalue weighted by molar-refractivity contribution is 0.228. The van der Waals surface area contributed by atoms with Crippen LogP contribution >= 0.6 is 0 Å². The molecule has 102 valence electrons. The Balaban J connectivity index is 4.74. The molecule has 0 bridgehead atoms. The Hall–Kier alpha value is -0.783. The summed E-state index contributed by atoms with van der Waals surface area (Å²) in [6.07, 6.45) is 15.4. The SMILES string of the molecule is C#C/C=C\[C@H](C/C=C\CC)O[Si](C)(C)C(C)(C)C. The van der Waals surface area contributed by atoms with Crippen molar-refractivity contribution in [2.45, 2.75) is 64.8 Å². The second kappa shape index (κ2) is 7.61. The fourth-order valence-corrected chi connectivity index (χ4v) is 2.57. The maximum atomic E-state index is 6.36. The molecule has 0 rings (SSSR count). The molecule has 0 aliphatic rings. The van der Waals surface area contributed by atoms with Gasteiger partial charge in [-0.25, -0.2) is 0 Å². The Morgan fingerprint density at radius 3 is 2.33 bits per heavy atom. The van der Waals surface area contributed by atoms with Gasteiger partial charge in [0.05, 0.1) is 6.10 Å². The molecule has 0 radical (unpaired) electrons. The highest BCUT2D eigenvalue weighted by atomic mass is 28.4. The van der Waals surface area contributed by atoms with Gasteiger partial charge < -0.3 is 4.43 Å². The van der Waals surface area contributed by atoms with E-state index < -0.39 is 8.32 Å². The topological polar surface area (TPSA) is 9.23 Å². The molecule has 0 spiro atoms. The second-order valence-corrected chi connectivity index (χ2v) is 10.8. The standard InChI is InChI=1S/C16H28OSi/c1-8-10-12-14-15(13-11-9-2)17-18(6,7)16(3,4)5/h2,10-13,15H,8,14H2,1,3-7H3/b12-10-,13-11-/t15-/m1/s1. The van der Waals surface area contributed by atoms with E-state index in [0.29, 0.717) is 0 Å². The van der Waals surface area contributed by atoms with Crippen LogP contribution in [-0.2, 0) is 4.43 Å². The Labute approximate surface area is 114 Å². The summed E-state index contributed by atoms with van der Waals surface area (Å²) in [7, 11) is -1.73. The molecule has 1 nitrogen and oxygen atoms in total. The molecule has 0 amide bonds. The molecule has 0 fully saturated rings. The Bertz CT molecular complexity index is 326. The molecule has 0 aliphatic heterocycles. The minimum atomic E-state index is -1.73. The van der Waals surface area contributed by atoms with Gasteiger partial charge in [-0.15, -0.1) is 6.42 Å². The molecule has 0 aromatic heterocycles. The fourth-order valence-electron chi connectivity index (χ4n) is 1.28. The van der Waals surface area contributed by atoms with E-state index in [4.69, 9.17) is 10.8 Å². The second-order valence-electron chi connectivity index (χ2n) is 6.06. The van der Waals surface area contributed by atoms with E-state index in [0.717, 1.165) is 12.8 Å². The molecule has 0 saturated carbocycles. The summed E-state index contributed by atoms with van der Waals surface area (Å²) in [4.78, 5) is 0. The zero-order valence-electron chi connectivity index (χ0n) is 12.8. The predicted molar refractivity (Wildman–Crippen MR) is 84.1 cm³/mol. The molecule has 0 saturated heterocycles. The highest BCUT2D eigenvalue weighted by Gasteiger charge is 2.38. The van der Waals surface area contributed by atoms with Crippen molar-refractivity contribution >= 4 is 8.32 Å². The van der Waals surface area contributed by atoms with Crippen molar-refractivity contribution in [2.24, 2.45) is 0 Å². The first-order chi connectivity index (χ1) is 8.24. The lowest BCUT2D eigenvalue weighted by Gasteiger charge is -2.38. The molecule has 0 aliphatic carbocycles. The first-order valence-electron chi connectivity index (χ1n) is 6.70. The average Bonchev–Trinajstić information content (AvgIpc) is 2.24. The van der Waals surface area contributed by atoms with Crippen LogP contribution in [0.4, 0.5) is 0 Å². The smallest absolute Gasteiger partial charge is 0.192 e. The number of terminal acetylenes is 1. The van der Waals surface area contributed by atoms with Gasteiger partial charge in [0.2, 0.25) is 0 Å². The maximum Gasteiger partial charge on any atom is 0.192 e. The van der Waals surface area contributed by atoms with Crippen LogP contribution in [0, 0.1) is 12.3 Å². The summed E-state index contributed by atoms with van der Waals surface area (Å²) < 4.78 is 6.36. The van der Waals surface area contributed by atoms with E-state index in [1.54, 1.807) is 6.08 Å². The largest absolute Gasteiger partial charge is 0.410 e. The van der Waals surface area contributed by atoms with Crippen molar-refractivity contribution in [3.05, 3.63) is 24.3 Å². The first kappa shape index (κ1) is 17.2. The summed E-state index contributed by atoms with van der Waals surface area (Å²) in [5.41, 5.74) is 0. The van der Waals surface area contributed by atoms with Gasteiger partial charge in [0.15, 0.2) is 8.32 Å². The summed E-state index contributed by atoms with van der Waals surface area (Å²) in [6.45, 7) is 13.4. The lowest BCUT2D eigenvalue weighted by Crippen LogP contribution is -2.43. The first-order valence-corrected chi connectivity index (χ1v) is 9.61. The van der Waals surface area contributed by atoms with Crippen molar-refractivity contribution < 1.29 is 4.43 Å². The van der Waals surface area contributed by atoms with Gasteiger partial charge >= 0.3 is 0 Å². The molecule has 18 heavy (non-hydrogen) atoms. The van der Waals surface area contributed by atoms with Crippen molar-refractivity contribution in [1.82, 2.24) is 0 Å². The molecule has 2 heteroatoms. The van der Waals surface area contributed by atoms with E-state index in [1.165, 1.54) is 0 Å². The van der Waals surface area contributed by atoms with Gasteiger partial charge in [-0.05, 0) is 43.1 Å². The number of hydrogen-bond donors (Lipinski definition) is 0. The van der Waals surface area contributed by atoms with Gasteiger partial charge in [0.1, 0.15) is 0 Å². The Morgan fingerprint density at radius 2 is 1.89 bits per heavy atom. The third kappa shape index (κ3) is 6.23. The van der Waals surface area contributed by atoms with Crippen LogP contribution < -0.4 is 0 Å². The minimum Gasteiger partial charge on any atom is -0.410 e. The monoisotopic (exact) mass is 264 g/mol. The van der Waals surface area contributed by atoms with E-state index in [2.05, 4.69) is 58.9 Å². The normalized spacial score (nSPS) is 15.2. The maximum absolute atomic E-state index is 6.36. The summed E-state index contributed by atoms with van der Waals surface area (Å²) in [6, 6.07) is 0. The molecular formula is C16H28OSi. The van der Waals surface area contributed by atoms with Gasteiger partial charge in [0, 0.05) is 0 Å². The third-order valence-corrected chi connectivity index (χ3v) is 7.93. The van der Waals surface area contributed by atoms with Crippen molar-refractivity contribution in [2.75, 3.05) is 0 Å².